The van der Waals surface area contributed by atoms with Gasteiger partial charge in [-0.25, -0.2) is 0 Å². The predicted octanol–water partition coefficient (Wildman–Crippen LogP) is 4.16. The van der Waals surface area contributed by atoms with Crippen LogP contribution in [0.2, 0.25) is 0 Å². The molecule has 1 aliphatic carbocycles. The molecule has 0 bridgehead atoms. The second kappa shape index (κ2) is 7.69. The molecule has 90 valence electrons. The summed E-state index contributed by atoms with van der Waals surface area (Å²) in [5.41, 5.74) is 5.74. The molecule has 0 aromatic rings. The third-order valence-electron chi connectivity index (χ3n) is 3.63. The average Bonchev–Trinajstić information content (AvgIpc) is 2.28. The maximum absolute atomic E-state index is 5.74. The van der Waals surface area contributed by atoms with Gasteiger partial charge in [0.15, 0.2) is 0 Å². The van der Waals surface area contributed by atoms with Crippen LogP contribution in [0.15, 0.2) is 0 Å². The lowest BCUT2D eigenvalue weighted by Gasteiger charge is -2.33. The molecule has 15 heavy (non-hydrogen) atoms. The molecule has 0 saturated heterocycles. The number of hydrogen-bond acceptors (Lipinski definition) is 1. The molecule has 0 aromatic heterocycles. The number of hydrogen-bond donors (Lipinski definition) is 1. The van der Waals surface area contributed by atoms with Gasteiger partial charge >= 0.3 is 0 Å². The van der Waals surface area contributed by atoms with Crippen molar-refractivity contribution in [3.8, 4) is 0 Å². The van der Waals surface area contributed by atoms with E-state index in [1.54, 1.807) is 0 Å². The maximum atomic E-state index is 5.74. The van der Waals surface area contributed by atoms with Crippen molar-refractivity contribution in [1.82, 2.24) is 0 Å². The largest absolute Gasteiger partial charge is 0.329 e. The molecule has 3 heteroatoms. The summed E-state index contributed by atoms with van der Waals surface area (Å²) in [6.07, 6.45) is 8.46. The van der Waals surface area contributed by atoms with Crippen molar-refractivity contribution in [2.24, 2.45) is 17.6 Å². The van der Waals surface area contributed by atoms with E-state index in [1.165, 1.54) is 38.5 Å². The van der Waals surface area contributed by atoms with Gasteiger partial charge in [-0.05, 0) is 43.9 Å². The molecule has 0 spiro atoms. The van der Waals surface area contributed by atoms with Crippen LogP contribution in [0.25, 0.3) is 0 Å². The fourth-order valence-electron chi connectivity index (χ4n) is 2.57. The maximum Gasteiger partial charge on any atom is 0.0260 e. The van der Waals surface area contributed by atoms with Crippen molar-refractivity contribution in [3.63, 3.8) is 0 Å². The van der Waals surface area contributed by atoms with Crippen LogP contribution >= 0.6 is 45.2 Å². The van der Waals surface area contributed by atoms with Gasteiger partial charge in [-0.1, -0.05) is 58.5 Å². The molecule has 2 N–H and O–H groups in total. The smallest absolute Gasteiger partial charge is 0.0260 e. The lowest BCUT2D eigenvalue weighted by molar-refractivity contribution is 0.270. The van der Waals surface area contributed by atoms with Crippen molar-refractivity contribution in [2.45, 2.75) is 53.3 Å². The molecular formula is C12H23I2N. The van der Waals surface area contributed by atoms with Crippen LogP contribution in [0.4, 0.5) is 0 Å². The Morgan fingerprint density at radius 3 is 1.93 bits per heavy atom. The van der Waals surface area contributed by atoms with E-state index >= 15 is 0 Å². The summed E-state index contributed by atoms with van der Waals surface area (Å²) in [7, 11) is 0. The van der Waals surface area contributed by atoms with Crippen molar-refractivity contribution in [3.05, 3.63) is 0 Å². The number of alkyl halides is 2. The van der Waals surface area contributed by atoms with E-state index in [0.29, 0.717) is 3.92 Å². The van der Waals surface area contributed by atoms with Crippen LogP contribution in [0.3, 0.4) is 0 Å². The van der Waals surface area contributed by atoms with Gasteiger partial charge in [-0.3, -0.25) is 0 Å². The Hall–Kier alpha value is 1.42. The molecule has 1 fully saturated rings. The summed E-state index contributed by atoms with van der Waals surface area (Å²) < 4.78 is 1.63. The number of rotatable bonds is 5. The quantitative estimate of drug-likeness (QED) is 0.510. The molecule has 2 unspecified atom stereocenters. The first-order valence-corrected chi connectivity index (χ1v) is 8.66. The lowest BCUT2D eigenvalue weighted by Crippen LogP contribution is -2.29. The SMILES string of the molecule is CCCC(I)C1CCC(C(I)CN)CC1. The van der Waals surface area contributed by atoms with Crippen molar-refractivity contribution < 1.29 is 0 Å². The molecule has 0 heterocycles. The van der Waals surface area contributed by atoms with Crippen LogP contribution in [-0.4, -0.2) is 14.4 Å². The first-order valence-electron chi connectivity index (χ1n) is 6.17. The van der Waals surface area contributed by atoms with Crippen molar-refractivity contribution in [2.75, 3.05) is 6.54 Å². The molecule has 1 rings (SSSR count). The lowest BCUT2D eigenvalue weighted by atomic mass is 9.78. The van der Waals surface area contributed by atoms with E-state index in [9.17, 15) is 0 Å². The van der Waals surface area contributed by atoms with Gasteiger partial charge in [0.25, 0.3) is 0 Å². The molecule has 1 aliphatic rings. The highest BCUT2D eigenvalue weighted by atomic mass is 127. The Labute approximate surface area is 122 Å². The van der Waals surface area contributed by atoms with Crippen LogP contribution in [0.1, 0.15) is 45.4 Å². The highest BCUT2D eigenvalue weighted by molar-refractivity contribution is 14.1. The molecule has 0 aliphatic heterocycles. The van der Waals surface area contributed by atoms with Gasteiger partial charge in [0.05, 0.1) is 0 Å². The van der Waals surface area contributed by atoms with Crippen LogP contribution in [0.5, 0.6) is 0 Å². The zero-order chi connectivity index (χ0) is 11.3. The first kappa shape index (κ1) is 14.5. The summed E-state index contributed by atoms with van der Waals surface area (Å²) in [5.74, 6) is 1.89. The number of halogens is 2. The summed E-state index contributed by atoms with van der Waals surface area (Å²) in [6.45, 7) is 3.16. The van der Waals surface area contributed by atoms with Crippen molar-refractivity contribution >= 4 is 45.2 Å². The van der Waals surface area contributed by atoms with E-state index in [1.807, 2.05) is 0 Å². The van der Waals surface area contributed by atoms with Crippen LogP contribution in [-0.2, 0) is 0 Å². The average molecular weight is 435 g/mol. The van der Waals surface area contributed by atoms with Gasteiger partial charge in [0, 0.05) is 14.4 Å². The van der Waals surface area contributed by atoms with Crippen LogP contribution in [0, 0.1) is 11.8 Å². The summed E-state index contributed by atoms with van der Waals surface area (Å²) >= 11 is 5.21. The monoisotopic (exact) mass is 435 g/mol. The van der Waals surface area contributed by atoms with Crippen LogP contribution < -0.4 is 5.73 Å². The minimum atomic E-state index is 0.711. The van der Waals surface area contributed by atoms with E-state index in [4.69, 9.17) is 5.73 Å². The first-order chi connectivity index (χ1) is 7.19. The standard InChI is InChI=1S/C12H23I2N/c1-2-3-11(13)9-4-6-10(7-5-9)12(14)8-15/h9-12H,2-8,15H2,1H3. The topological polar surface area (TPSA) is 26.0 Å². The highest BCUT2D eigenvalue weighted by Crippen LogP contribution is 2.38. The third kappa shape index (κ3) is 4.66. The Kier molecular flexibility index (Phi) is 7.42. The van der Waals surface area contributed by atoms with Gasteiger partial charge in [0.1, 0.15) is 0 Å². The van der Waals surface area contributed by atoms with E-state index in [2.05, 4.69) is 52.1 Å². The van der Waals surface area contributed by atoms with Gasteiger partial charge < -0.3 is 5.73 Å². The summed E-state index contributed by atoms with van der Waals surface area (Å²) in [4.78, 5) is 0. The van der Waals surface area contributed by atoms with Gasteiger partial charge in [-0.2, -0.15) is 0 Å². The Morgan fingerprint density at radius 1 is 1.07 bits per heavy atom. The highest BCUT2D eigenvalue weighted by Gasteiger charge is 2.28. The number of nitrogens with two attached hydrogens (primary N) is 1. The fourth-order valence-corrected chi connectivity index (χ4v) is 4.63. The second-order valence-corrected chi connectivity index (χ2v) is 7.93. The Bertz CT molecular complexity index is 167. The molecular weight excluding hydrogens is 412 g/mol. The molecule has 1 nitrogen and oxygen atoms in total. The van der Waals surface area contributed by atoms with E-state index in [0.717, 1.165) is 22.3 Å². The summed E-state index contributed by atoms with van der Waals surface area (Å²) in [6, 6.07) is 0. The minimum absolute atomic E-state index is 0.711. The Balaban J connectivity index is 2.29. The molecule has 0 amide bonds. The van der Waals surface area contributed by atoms with E-state index in [-0.39, 0.29) is 0 Å². The minimum Gasteiger partial charge on any atom is -0.329 e. The second-order valence-electron chi connectivity index (χ2n) is 4.73. The van der Waals surface area contributed by atoms with Gasteiger partial charge in [0.2, 0.25) is 0 Å². The zero-order valence-corrected chi connectivity index (χ0v) is 13.9. The van der Waals surface area contributed by atoms with Gasteiger partial charge in [-0.15, -0.1) is 0 Å². The fraction of sp³-hybridized carbons (Fsp3) is 1.00. The molecule has 1 saturated carbocycles. The Morgan fingerprint density at radius 2 is 1.53 bits per heavy atom. The van der Waals surface area contributed by atoms with Crippen molar-refractivity contribution in [1.29, 1.82) is 0 Å². The molecule has 2 atom stereocenters. The predicted molar refractivity (Wildman–Crippen MR) is 85.0 cm³/mol. The van der Waals surface area contributed by atoms with E-state index < -0.39 is 0 Å². The molecule has 0 aromatic carbocycles. The third-order valence-corrected chi connectivity index (χ3v) is 6.79. The zero-order valence-electron chi connectivity index (χ0n) is 9.59. The summed E-state index contributed by atoms with van der Waals surface area (Å²) in [5, 5.41) is 0. The molecule has 0 radical (unpaired) electrons. The normalized spacial score (nSPS) is 31.2.